The highest BCUT2D eigenvalue weighted by molar-refractivity contribution is 5.79. The van der Waals surface area contributed by atoms with E-state index >= 15 is 0 Å². The first kappa shape index (κ1) is 13.5. The fourth-order valence-corrected chi connectivity index (χ4v) is 3.20. The number of hydrogen-bond donors (Lipinski definition) is 2. The Hall–Kier alpha value is -0.570. The Balaban J connectivity index is 3.05. The fraction of sp³-hybridized carbons (Fsp3) is 0.923. The molecule has 0 amide bonds. The number of nitrogens with one attached hydrogen (secondary N) is 1. The van der Waals surface area contributed by atoms with Crippen molar-refractivity contribution in [1.29, 1.82) is 0 Å². The first-order valence-corrected chi connectivity index (χ1v) is 6.33. The summed E-state index contributed by atoms with van der Waals surface area (Å²) in [6, 6.07) is 0. The van der Waals surface area contributed by atoms with Crippen molar-refractivity contribution in [3.63, 3.8) is 0 Å². The summed E-state index contributed by atoms with van der Waals surface area (Å²) in [5, 5.41) is 12.8. The predicted molar refractivity (Wildman–Crippen MR) is 65.5 cm³/mol. The quantitative estimate of drug-likeness (QED) is 0.779. The Kier molecular flexibility index (Phi) is 4.00. The van der Waals surface area contributed by atoms with Gasteiger partial charge in [0.05, 0.1) is 0 Å². The SMILES string of the molecule is CCNC1(C(=O)O)CCCCC1C(C)(C)C. The van der Waals surface area contributed by atoms with Crippen LogP contribution in [0.5, 0.6) is 0 Å². The summed E-state index contributed by atoms with van der Waals surface area (Å²) in [6.07, 6.45) is 3.95. The molecule has 0 spiro atoms. The van der Waals surface area contributed by atoms with E-state index in [1.807, 2.05) is 6.92 Å². The average Bonchev–Trinajstić information content (AvgIpc) is 2.17. The van der Waals surface area contributed by atoms with E-state index in [0.717, 1.165) is 32.2 Å². The molecule has 1 aliphatic carbocycles. The van der Waals surface area contributed by atoms with E-state index in [4.69, 9.17) is 0 Å². The maximum Gasteiger partial charge on any atom is 0.324 e. The van der Waals surface area contributed by atoms with Crippen LogP contribution in [0.4, 0.5) is 0 Å². The van der Waals surface area contributed by atoms with E-state index in [1.54, 1.807) is 0 Å². The van der Waals surface area contributed by atoms with Crippen LogP contribution in [0.25, 0.3) is 0 Å². The van der Waals surface area contributed by atoms with Crippen LogP contribution in [0, 0.1) is 11.3 Å². The molecule has 1 rings (SSSR count). The van der Waals surface area contributed by atoms with E-state index in [1.165, 1.54) is 0 Å². The third-order valence-corrected chi connectivity index (χ3v) is 3.83. The Labute approximate surface area is 98.6 Å². The van der Waals surface area contributed by atoms with Crippen molar-refractivity contribution in [2.24, 2.45) is 11.3 Å². The van der Waals surface area contributed by atoms with Crippen molar-refractivity contribution in [2.45, 2.75) is 58.9 Å². The molecule has 94 valence electrons. The largest absolute Gasteiger partial charge is 0.480 e. The summed E-state index contributed by atoms with van der Waals surface area (Å²) in [7, 11) is 0. The number of aliphatic carboxylic acids is 1. The molecule has 0 radical (unpaired) electrons. The Morgan fingerprint density at radius 1 is 1.44 bits per heavy atom. The number of carboxylic acids is 1. The molecular formula is C13H25NO2. The fourth-order valence-electron chi connectivity index (χ4n) is 3.20. The standard InChI is InChI=1S/C13H25NO2/c1-5-14-13(11(15)16)9-7-6-8-10(13)12(2,3)4/h10,14H,5-9H2,1-4H3,(H,15,16). The van der Waals surface area contributed by atoms with Crippen LogP contribution in [0.15, 0.2) is 0 Å². The Morgan fingerprint density at radius 2 is 2.06 bits per heavy atom. The van der Waals surface area contributed by atoms with E-state index in [-0.39, 0.29) is 11.3 Å². The second-order valence-electron chi connectivity index (χ2n) is 5.97. The summed E-state index contributed by atoms with van der Waals surface area (Å²) < 4.78 is 0. The van der Waals surface area contributed by atoms with Gasteiger partial charge < -0.3 is 10.4 Å². The monoisotopic (exact) mass is 227 g/mol. The summed E-state index contributed by atoms with van der Waals surface area (Å²) in [5.74, 6) is -0.458. The van der Waals surface area contributed by atoms with Gasteiger partial charge in [-0.1, -0.05) is 40.5 Å². The minimum absolute atomic E-state index is 0.0426. The van der Waals surface area contributed by atoms with Crippen LogP contribution in [0.3, 0.4) is 0 Å². The molecule has 3 nitrogen and oxygen atoms in total. The predicted octanol–water partition coefficient (Wildman–Crippen LogP) is 2.66. The number of likely N-dealkylation sites (N-methyl/N-ethyl adjacent to an activating group) is 1. The maximum absolute atomic E-state index is 11.7. The summed E-state index contributed by atoms with van der Waals surface area (Å²) in [5.41, 5.74) is -0.660. The lowest BCUT2D eigenvalue weighted by Gasteiger charge is -2.47. The molecule has 1 saturated carbocycles. The maximum atomic E-state index is 11.7. The van der Waals surface area contributed by atoms with Gasteiger partial charge in [-0.25, -0.2) is 0 Å². The highest BCUT2D eigenvalue weighted by atomic mass is 16.4. The third-order valence-electron chi connectivity index (χ3n) is 3.83. The molecule has 2 N–H and O–H groups in total. The van der Waals surface area contributed by atoms with E-state index in [0.29, 0.717) is 0 Å². The molecule has 1 fully saturated rings. The van der Waals surface area contributed by atoms with Crippen LogP contribution in [-0.2, 0) is 4.79 Å². The van der Waals surface area contributed by atoms with Gasteiger partial charge in [0.15, 0.2) is 0 Å². The van der Waals surface area contributed by atoms with Crippen LogP contribution in [-0.4, -0.2) is 23.2 Å². The van der Waals surface area contributed by atoms with Crippen molar-refractivity contribution in [1.82, 2.24) is 5.32 Å². The van der Waals surface area contributed by atoms with Gasteiger partial charge in [0.2, 0.25) is 0 Å². The number of hydrogen-bond acceptors (Lipinski definition) is 2. The van der Waals surface area contributed by atoms with Crippen molar-refractivity contribution in [3.8, 4) is 0 Å². The average molecular weight is 227 g/mol. The molecule has 0 aromatic heterocycles. The molecule has 0 bridgehead atoms. The van der Waals surface area contributed by atoms with Crippen LogP contribution in [0.2, 0.25) is 0 Å². The van der Waals surface area contributed by atoms with Crippen molar-refractivity contribution in [2.75, 3.05) is 6.54 Å². The number of carbonyl (C=O) groups is 1. The highest BCUT2D eigenvalue weighted by Gasteiger charge is 2.50. The van der Waals surface area contributed by atoms with E-state index in [2.05, 4.69) is 26.1 Å². The summed E-state index contributed by atoms with van der Waals surface area (Å²) in [6.45, 7) is 9.16. The second-order valence-corrected chi connectivity index (χ2v) is 5.97. The highest BCUT2D eigenvalue weighted by Crippen LogP contribution is 2.44. The zero-order chi connectivity index (χ0) is 12.4. The number of carboxylic acid groups (broad SMARTS) is 1. The smallest absolute Gasteiger partial charge is 0.324 e. The molecule has 0 saturated heterocycles. The van der Waals surface area contributed by atoms with Gasteiger partial charge in [-0.15, -0.1) is 0 Å². The van der Waals surface area contributed by atoms with Crippen LogP contribution < -0.4 is 5.32 Å². The van der Waals surface area contributed by atoms with Crippen LogP contribution >= 0.6 is 0 Å². The molecule has 0 heterocycles. The lowest BCUT2D eigenvalue weighted by atomic mass is 9.62. The summed E-state index contributed by atoms with van der Waals surface area (Å²) in [4.78, 5) is 11.7. The zero-order valence-electron chi connectivity index (χ0n) is 11.0. The van der Waals surface area contributed by atoms with Crippen LogP contribution in [0.1, 0.15) is 53.4 Å². The van der Waals surface area contributed by atoms with Gasteiger partial charge in [0.1, 0.15) is 5.54 Å². The summed E-state index contributed by atoms with van der Waals surface area (Å²) >= 11 is 0. The third kappa shape index (κ3) is 2.40. The van der Waals surface area contributed by atoms with E-state index in [9.17, 15) is 9.90 Å². The lowest BCUT2D eigenvalue weighted by molar-refractivity contribution is -0.152. The molecular weight excluding hydrogens is 202 g/mol. The topological polar surface area (TPSA) is 49.3 Å². The number of rotatable bonds is 3. The molecule has 0 aromatic rings. The molecule has 16 heavy (non-hydrogen) atoms. The molecule has 2 unspecified atom stereocenters. The first-order valence-electron chi connectivity index (χ1n) is 6.33. The van der Waals surface area contributed by atoms with E-state index < -0.39 is 11.5 Å². The zero-order valence-corrected chi connectivity index (χ0v) is 11.0. The molecule has 0 aliphatic heterocycles. The molecule has 0 aromatic carbocycles. The van der Waals surface area contributed by atoms with Gasteiger partial charge in [-0.3, -0.25) is 4.79 Å². The minimum Gasteiger partial charge on any atom is -0.480 e. The minimum atomic E-state index is -0.703. The van der Waals surface area contributed by atoms with Crippen molar-refractivity contribution >= 4 is 5.97 Å². The van der Waals surface area contributed by atoms with Gasteiger partial charge in [-0.05, 0) is 30.7 Å². The first-order chi connectivity index (χ1) is 7.34. The van der Waals surface area contributed by atoms with Gasteiger partial charge in [-0.2, -0.15) is 0 Å². The lowest BCUT2D eigenvalue weighted by Crippen LogP contribution is -2.61. The normalized spacial score (nSPS) is 31.4. The Bertz CT molecular complexity index is 253. The molecule has 1 aliphatic rings. The van der Waals surface area contributed by atoms with Crippen molar-refractivity contribution in [3.05, 3.63) is 0 Å². The van der Waals surface area contributed by atoms with Crippen molar-refractivity contribution < 1.29 is 9.90 Å². The second kappa shape index (κ2) is 4.74. The Morgan fingerprint density at radius 3 is 2.50 bits per heavy atom. The van der Waals surface area contributed by atoms with Gasteiger partial charge in [0.25, 0.3) is 0 Å². The van der Waals surface area contributed by atoms with Gasteiger partial charge in [0, 0.05) is 0 Å². The van der Waals surface area contributed by atoms with Gasteiger partial charge >= 0.3 is 5.97 Å². The molecule has 3 heteroatoms. The molecule has 2 atom stereocenters.